The van der Waals surface area contributed by atoms with Crippen molar-refractivity contribution in [3.63, 3.8) is 0 Å². The van der Waals surface area contributed by atoms with Crippen LogP contribution in [0.15, 0.2) is 18.2 Å². The summed E-state index contributed by atoms with van der Waals surface area (Å²) in [4.78, 5) is 11.8. The van der Waals surface area contributed by atoms with Gasteiger partial charge in [-0.25, -0.2) is 0 Å². The molecule has 1 amide bonds. The molecule has 0 saturated carbocycles. The molecule has 17 heavy (non-hydrogen) atoms. The number of hydrogen-bond donors (Lipinski definition) is 2. The van der Waals surface area contributed by atoms with E-state index in [1.807, 2.05) is 19.2 Å². The molecule has 0 aliphatic carbocycles. The van der Waals surface area contributed by atoms with Crippen molar-refractivity contribution in [3.05, 3.63) is 28.8 Å². The molecular weight excluding hydrogens is 256 g/mol. The van der Waals surface area contributed by atoms with Crippen LogP contribution < -0.4 is 11.1 Å². The third-order valence-electron chi connectivity index (χ3n) is 2.50. The number of halogens is 1. The molecule has 0 unspecified atom stereocenters. The Bertz CT molecular complexity index is 398. The summed E-state index contributed by atoms with van der Waals surface area (Å²) in [6, 6.07) is 4.94. The van der Waals surface area contributed by atoms with E-state index in [1.54, 1.807) is 23.9 Å². The molecule has 0 heterocycles. The molecule has 0 aliphatic heterocycles. The molecule has 0 radical (unpaired) electrons. The first-order valence-electron chi connectivity index (χ1n) is 5.36. The fourth-order valence-corrected chi connectivity index (χ4v) is 2.01. The molecule has 1 atom stereocenters. The number of carbonyl (C=O) groups excluding carboxylic acids is 1. The Kier molecular flexibility index (Phi) is 5.82. The lowest BCUT2D eigenvalue weighted by Crippen LogP contribution is -2.36. The Hall–Kier alpha value is -0.710. The largest absolute Gasteiger partial charge is 0.324 e. The summed E-state index contributed by atoms with van der Waals surface area (Å²) in [5.74, 6) is 0.716. The van der Waals surface area contributed by atoms with Crippen LogP contribution in [0, 0.1) is 6.92 Å². The van der Waals surface area contributed by atoms with Gasteiger partial charge in [-0.05, 0) is 43.0 Å². The first-order chi connectivity index (χ1) is 8.06. The molecule has 0 spiro atoms. The topological polar surface area (TPSA) is 55.1 Å². The molecule has 1 rings (SSSR count). The molecular formula is C12H17ClN2OS. The van der Waals surface area contributed by atoms with E-state index >= 15 is 0 Å². The van der Waals surface area contributed by atoms with Crippen LogP contribution in [0.1, 0.15) is 12.0 Å². The SMILES string of the molecule is CSCC[C@@H](N)C(=O)Nc1cccc(Cl)c1C. The molecule has 0 aromatic heterocycles. The lowest BCUT2D eigenvalue weighted by atomic mass is 10.1. The predicted molar refractivity (Wildman–Crippen MR) is 75.8 cm³/mol. The Labute approximate surface area is 111 Å². The molecule has 1 aromatic rings. The second-order valence-corrected chi connectivity index (χ2v) is 5.18. The van der Waals surface area contributed by atoms with Gasteiger partial charge in [0.05, 0.1) is 6.04 Å². The van der Waals surface area contributed by atoms with Crippen molar-refractivity contribution in [2.75, 3.05) is 17.3 Å². The number of anilines is 1. The number of amides is 1. The van der Waals surface area contributed by atoms with E-state index in [9.17, 15) is 4.79 Å². The monoisotopic (exact) mass is 272 g/mol. The van der Waals surface area contributed by atoms with Crippen molar-refractivity contribution in [1.82, 2.24) is 0 Å². The van der Waals surface area contributed by atoms with E-state index in [1.165, 1.54) is 0 Å². The summed E-state index contributed by atoms with van der Waals surface area (Å²) in [5.41, 5.74) is 7.37. The second-order valence-electron chi connectivity index (χ2n) is 3.79. The van der Waals surface area contributed by atoms with E-state index in [0.29, 0.717) is 11.4 Å². The van der Waals surface area contributed by atoms with Crippen LogP contribution >= 0.6 is 23.4 Å². The minimum Gasteiger partial charge on any atom is -0.324 e. The highest BCUT2D eigenvalue weighted by Gasteiger charge is 2.14. The van der Waals surface area contributed by atoms with Crippen molar-refractivity contribution >= 4 is 35.0 Å². The van der Waals surface area contributed by atoms with E-state index in [4.69, 9.17) is 17.3 Å². The van der Waals surface area contributed by atoms with Gasteiger partial charge in [0.2, 0.25) is 5.91 Å². The van der Waals surface area contributed by atoms with E-state index < -0.39 is 6.04 Å². The summed E-state index contributed by atoms with van der Waals surface area (Å²) in [7, 11) is 0. The minimum absolute atomic E-state index is 0.163. The van der Waals surface area contributed by atoms with Crippen LogP contribution in [0.2, 0.25) is 5.02 Å². The highest BCUT2D eigenvalue weighted by molar-refractivity contribution is 7.98. The summed E-state index contributed by atoms with van der Waals surface area (Å²) >= 11 is 7.65. The Morgan fingerprint density at radius 1 is 1.59 bits per heavy atom. The highest BCUT2D eigenvalue weighted by Crippen LogP contribution is 2.23. The maximum atomic E-state index is 11.8. The third kappa shape index (κ3) is 4.22. The third-order valence-corrected chi connectivity index (χ3v) is 3.55. The summed E-state index contributed by atoms with van der Waals surface area (Å²) in [5, 5.41) is 3.44. The van der Waals surface area contributed by atoms with Crippen LogP contribution in [0.25, 0.3) is 0 Å². The lowest BCUT2D eigenvalue weighted by molar-refractivity contribution is -0.117. The van der Waals surface area contributed by atoms with Gasteiger partial charge in [-0.1, -0.05) is 17.7 Å². The number of rotatable bonds is 5. The average molecular weight is 273 g/mol. The smallest absolute Gasteiger partial charge is 0.241 e. The van der Waals surface area contributed by atoms with Crippen LogP contribution in [-0.2, 0) is 4.79 Å². The van der Waals surface area contributed by atoms with Gasteiger partial charge in [0.1, 0.15) is 0 Å². The standard InChI is InChI=1S/C12H17ClN2OS/c1-8-9(13)4-3-5-11(8)15-12(16)10(14)6-7-17-2/h3-5,10H,6-7,14H2,1-2H3,(H,15,16)/t10-/m1/s1. The Balaban J connectivity index is 2.64. The van der Waals surface area contributed by atoms with Crippen molar-refractivity contribution in [2.24, 2.45) is 5.73 Å². The van der Waals surface area contributed by atoms with Crippen LogP contribution in [0.4, 0.5) is 5.69 Å². The van der Waals surface area contributed by atoms with Gasteiger partial charge in [-0.3, -0.25) is 4.79 Å². The number of nitrogens with two attached hydrogens (primary N) is 1. The molecule has 0 fully saturated rings. The zero-order chi connectivity index (χ0) is 12.8. The fourth-order valence-electron chi connectivity index (χ4n) is 1.34. The summed E-state index contributed by atoms with van der Waals surface area (Å²) in [6.07, 6.45) is 2.67. The summed E-state index contributed by atoms with van der Waals surface area (Å²) < 4.78 is 0. The highest BCUT2D eigenvalue weighted by atomic mass is 35.5. The molecule has 0 aliphatic rings. The number of nitrogens with one attached hydrogen (secondary N) is 1. The van der Waals surface area contributed by atoms with Gasteiger partial charge in [0.25, 0.3) is 0 Å². The zero-order valence-corrected chi connectivity index (χ0v) is 11.6. The maximum absolute atomic E-state index is 11.8. The summed E-state index contributed by atoms with van der Waals surface area (Å²) in [6.45, 7) is 1.87. The minimum atomic E-state index is -0.471. The van der Waals surface area contributed by atoms with Crippen molar-refractivity contribution in [2.45, 2.75) is 19.4 Å². The lowest BCUT2D eigenvalue weighted by Gasteiger charge is -2.13. The van der Waals surface area contributed by atoms with Crippen LogP contribution in [-0.4, -0.2) is 24.0 Å². The predicted octanol–water partition coefficient (Wildman–Crippen LogP) is 2.67. The van der Waals surface area contributed by atoms with Crippen LogP contribution in [0.5, 0.6) is 0 Å². The van der Waals surface area contributed by atoms with Crippen molar-refractivity contribution in [1.29, 1.82) is 0 Å². The number of hydrogen-bond acceptors (Lipinski definition) is 3. The van der Waals surface area contributed by atoms with E-state index in [0.717, 1.165) is 17.0 Å². The molecule has 3 nitrogen and oxygen atoms in total. The number of carbonyl (C=O) groups is 1. The van der Waals surface area contributed by atoms with Gasteiger partial charge in [0, 0.05) is 10.7 Å². The zero-order valence-electron chi connectivity index (χ0n) is 10.00. The quantitative estimate of drug-likeness (QED) is 0.866. The first kappa shape index (κ1) is 14.4. The number of benzene rings is 1. The molecule has 0 saturated heterocycles. The van der Waals surface area contributed by atoms with Gasteiger partial charge in [0.15, 0.2) is 0 Å². The molecule has 94 valence electrons. The maximum Gasteiger partial charge on any atom is 0.241 e. The molecule has 5 heteroatoms. The van der Waals surface area contributed by atoms with Crippen molar-refractivity contribution in [3.8, 4) is 0 Å². The normalized spacial score (nSPS) is 12.2. The van der Waals surface area contributed by atoms with Crippen molar-refractivity contribution < 1.29 is 4.79 Å². The van der Waals surface area contributed by atoms with E-state index in [-0.39, 0.29) is 5.91 Å². The van der Waals surface area contributed by atoms with Crippen LogP contribution in [0.3, 0.4) is 0 Å². The van der Waals surface area contributed by atoms with E-state index in [2.05, 4.69) is 5.32 Å². The fraction of sp³-hybridized carbons (Fsp3) is 0.417. The van der Waals surface area contributed by atoms with Gasteiger partial charge >= 0.3 is 0 Å². The van der Waals surface area contributed by atoms with Gasteiger partial charge in [-0.15, -0.1) is 0 Å². The van der Waals surface area contributed by atoms with Gasteiger partial charge < -0.3 is 11.1 Å². The Morgan fingerprint density at radius 3 is 2.94 bits per heavy atom. The number of thioether (sulfide) groups is 1. The molecule has 3 N–H and O–H groups in total. The first-order valence-corrected chi connectivity index (χ1v) is 7.14. The molecule has 0 bridgehead atoms. The Morgan fingerprint density at radius 2 is 2.29 bits per heavy atom. The second kappa shape index (κ2) is 6.89. The van der Waals surface area contributed by atoms with Gasteiger partial charge in [-0.2, -0.15) is 11.8 Å². The average Bonchev–Trinajstić information content (AvgIpc) is 2.31. The molecule has 1 aromatic carbocycles.